The molecule has 39 heavy (non-hydrogen) atoms. The van der Waals surface area contributed by atoms with Gasteiger partial charge < -0.3 is 15.7 Å². The summed E-state index contributed by atoms with van der Waals surface area (Å²) in [5, 5.41) is 9.39. The number of aliphatic hydroxyl groups excluding tert-OH is 1. The van der Waals surface area contributed by atoms with Crippen LogP contribution in [0.1, 0.15) is 65.2 Å². The minimum Gasteiger partial charge on any atom is -0.402 e. The molecule has 1 aliphatic rings. The van der Waals surface area contributed by atoms with Crippen molar-refractivity contribution in [3.05, 3.63) is 95.5 Å². The predicted octanol–water partition coefficient (Wildman–Crippen LogP) is 6.33. The number of aliphatic imine (C=N–C) groups is 1. The zero-order valence-corrected chi connectivity index (χ0v) is 25.1. The lowest BCUT2D eigenvalue weighted by Crippen LogP contribution is -2.46. The molecule has 0 aliphatic carbocycles. The summed E-state index contributed by atoms with van der Waals surface area (Å²) in [6.07, 6.45) is 2.11. The quantitative estimate of drug-likeness (QED) is 0.295. The minimum atomic E-state index is 0.00163. The Hall–Kier alpha value is -3.15. The highest BCUT2D eigenvalue weighted by molar-refractivity contribution is 6.23. The molecule has 0 spiro atoms. The molecule has 0 saturated carbocycles. The first kappa shape index (κ1) is 30.4. The van der Waals surface area contributed by atoms with E-state index in [-0.39, 0.29) is 17.4 Å². The largest absolute Gasteiger partial charge is 0.402 e. The molecule has 1 aliphatic heterocycles. The van der Waals surface area contributed by atoms with E-state index < -0.39 is 0 Å². The first-order valence-electron chi connectivity index (χ1n) is 14.0. The summed E-state index contributed by atoms with van der Waals surface area (Å²) in [4.78, 5) is 9.79. The molecule has 0 aromatic heterocycles. The van der Waals surface area contributed by atoms with Gasteiger partial charge in [0.15, 0.2) is 0 Å². The van der Waals surface area contributed by atoms with E-state index in [1.807, 2.05) is 32.0 Å². The number of piperazine rings is 1. The number of nitrogens with zero attached hydrogens (tertiary/aromatic N) is 3. The Morgan fingerprint density at radius 3 is 2.13 bits per heavy atom. The average molecular weight is 529 g/mol. The standard InChI is InChI=1S/C34H48N4O/c1-25(29-15-12-16-30(24-29)34(7,8)33(4,5)6)23-31(38-19-17-37(18-20-38)21-22-39)36-27(3)32(26(2)35)28-13-10-9-11-14-28/h9-16,23-24,39H,1,17-22,35H2,2-8H3/b31-23+,32-26+,36-27+. The molecule has 1 saturated heterocycles. The summed E-state index contributed by atoms with van der Waals surface area (Å²) in [6, 6.07) is 19.0. The van der Waals surface area contributed by atoms with Gasteiger partial charge in [0.05, 0.1) is 6.61 Å². The van der Waals surface area contributed by atoms with Crippen molar-refractivity contribution in [2.24, 2.45) is 16.1 Å². The fourth-order valence-electron chi connectivity index (χ4n) is 4.87. The average Bonchev–Trinajstić information content (AvgIpc) is 2.89. The summed E-state index contributed by atoms with van der Waals surface area (Å²) < 4.78 is 0. The zero-order valence-electron chi connectivity index (χ0n) is 25.1. The van der Waals surface area contributed by atoms with Gasteiger partial charge in [-0.1, -0.05) is 95.8 Å². The van der Waals surface area contributed by atoms with Crippen molar-refractivity contribution in [2.75, 3.05) is 39.3 Å². The van der Waals surface area contributed by atoms with Crippen molar-refractivity contribution in [1.82, 2.24) is 9.80 Å². The molecule has 2 aromatic carbocycles. The van der Waals surface area contributed by atoms with Crippen LogP contribution in [0.4, 0.5) is 0 Å². The van der Waals surface area contributed by atoms with E-state index in [4.69, 9.17) is 10.7 Å². The van der Waals surface area contributed by atoms with Crippen molar-refractivity contribution in [1.29, 1.82) is 0 Å². The number of aliphatic hydroxyl groups is 1. The van der Waals surface area contributed by atoms with E-state index in [0.29, 0.717) is 6.54 Å². The molecule has 3 rings (SSSR count). The maximum absolute atomic E-state index is 9.39. The van der Waals surface area contributed by atoms with Crippen molar-refractivity contribution < 1.29 is 5.11 Å². The topological polar surface area (TPSA) is 65.1 Å². The molecule has 0 atom stereocenters. The fourth-order valence-corrected chi connectivity index (χ4v) is 4.87. The highest BCUT2D eigenvalue weighted by Gasteiger charge is 2.34. The van der Waals surface area contributed by atoms with Crippen LogP contribution >= 0.6 is 0 Å². The first-order chi connectivity index (χ1) is 18.3. The fraction of sp³-hybridized carbons (Fsp3) is 0.441. The van der Waals surface area contributed by atoms with E-state index in [2.05, 4.69) is 93.5 Å². The number of hydrogen-bond acceptors (Lipinski definition) is 5. The summed E-state index contributed by atoms with van der Waals surface area (Å²) in [7, 11) is 0. The predicted molar refractivity (Wildman–Crippen MR) is 167 cm³/mol. The number of benzene rings is 2. The maximum Gasteiger partial charge on any atom is 0.129 e. The molecule has 5 nitrogen and oxygen atoms in total. The van der Waals surface area contributed by atoms with Crippen LogP contribution in [0.15, 0.2) is 83.8 Å². The Morgan fingerprint density at radius 2 is 1.56 bits per heavy atom. The van der Waals surface area contributed by atoms with E-state index in [0.717, 1.165) is 65.7 Å². The molecule has 0 radical (unpaired) electrons. The third kappa shape index (κ3) is 7.49. The monoisotopic (exact) mass is 528 g/mol. The second-order valence-corrected chi connectivity index (χ2v) is 12.2. The molecule has 210 valence electrons. The van der Waals surface area contributed by atoms with Crippen LogP contribution in [-0.4, -0.2) is 59.9 Å². The van der Waals surface area contributed by atoms with Gasteiger partial charge >= 0.3 is 0 Å². The number of allylic oxidation sites excluding steroid dienone is 4. The molecule has 2 aromatic rings. The minimum absolute atomic E-state index is 0.00163. The van der Waals surface area contributed by atoms with Gasteiger partial charge in [0.1, 0.15) is 5.82 Å². The SMILES string of the molecule is C=C(\C=C(/N=C(C)/C(=C(/C)N)c1ccccc1)N1CCN(CCO)CC1)c1cccc(C(C)(C)C(C)(C)C)c1. The van der Waals surface area contributed by atoms with E-state index in [1.54, 1.807) is 0 Å². The zero-order chi connectivity index (χ0) is 28.8. The van der Waals surface area contributed by atoms with Gasteiger partial charge in [0.25, 0.3) is 0 Å². The van der Waals surface area contributed by atoms with Crippen molar-refractivity contribution >= 4 is 16.9 Å². The van der Waals surface area contributed by atoms with E-state index >= 15 is 0 Å². The lowest BCUT2D eigenvalue weighted by atomic mass is 9.65. The maximum atomic E-state index is 9.39. The molecule has 0 bridgehead atoms. The van der Waals surface area contributed by atoms with Gasteiger partial charge in [0.2, 0.25) is 0 Å². The van der Waals surface area contributed by atoms with Gasteiger partial charge in [-0.3, -0.25) is 4.90 Å². The van der Waals surface area contributed by atoms with Crippen molar-refractivity contribution in [2.45, 2.75) is 53.9 Å². The molecule has 1 heterocycles. The van der Waals surface area contributed by atoms with Crippen molar-refractivity contribution in [3.8, 4) is 0 Å². The highest BCUT2D eigenvalue weighted by atomic mass is 16.3. The van der Waals surface area contributed by atoms with Crippen LogP contribution < -0.4 is 5.73 Å². The summed E-state index contributed by atoms with van der Waals surface area (Å²) in [5.41, 5.74) is 13.5. The van der Waals surface area contributed by atoms with Crippen molar-refractivity contribution in [3.63, 3.8) is 0 Å². The Bertz CT molecular complexity index is 1220. The van der Waals surface area contributed by atoms with Crippen LogP contribution in [0.25, 0.3) is 11.1 Å². The van der Waals surface area contributed by atoms with Crippen LogP contribution in [0.5, 0.6) is 0 Å². The molecular weight excluding hydrogens is 480 g/mol. The summed E-state index contributed by atoms with van der Waals surface area (Å²) >= 11 is 0. The Morgan fingerprint density at radius 1 is 0.949 bits per heavy atom. The molecule has 0 amide bonds. The number of rotatable bonds is 9. The Labute approximate surface area is 236 Å². The third-order valence-electron chi connectivity index (χ3n) is 8.35. The van der Waals surface area contributed by atoms with Crippen LogP contribution in [0.2, 0.25) is 0 Å². The lowest BCUT2D eigenvalue weighted by Gasteiger charge is -2.39. The second-order valence-electron chi connectivity index (χ2n) is 12.2. The molecular formula is C34H48N4O. The summed E-state index contributed by atoms with van der Waals surface area (Å²) in [6.45, 7) is 24.2. The van der Waals surface area contributed by atoms with Gasteiger partial charge in [-0.15, -0.1) is 0 Å². The normalized spacial score (nSPS) is 16.8. The first-order valence-corrected chi connectivity index (χ1v) is 14.0. The van der Waals surface area contributed by atoms with E-state index in [1.165, 1.54) is 5.56 Å². The molecule has 0 unspecified atom stereocenters. The Kier molecular flexibility index (Phi) is 9.98. The Balaban J connectivity index is 2.03. The molecule has 3 N–H and O–H groups in total. The van der Waals surface area contributed by atoms with Gasteiger partial charge in [-0.2, -0.15) is 0 Å². The number of hydrogen-bond donors (Lipinski definition) is 2. The second kappa shape index (κ2) is 12.8. The number of β-amino-alcohol motifs (C(OH)–C–C–N with tert-alkyl or cyclic N) is 1. The van der Waals surface area contributed by atoms with Crippen LogP contribution in [0.3, 0.4) is 0 Å². The van der Waals surface area contributed by atoms with E-state index in [9.17, 15) is 5.11 Å². The molecule has 1 fully saturated rings. The van der Waals surface area contributed by atoms with Crippen LogP contribution in [-0.2, 0) is 5.41 Å². The van der Waals surface area contributed by atoms with Gasteiger partial charge in [-0.25, -0.2) is 4.99 Å². The lowest BCUT2D eigenvalue weighted by molar-refractivity contribution is 0.131. The molecule has 5 heteroatoms. The van der Waals surface area contributed by atoms with Gasteiger partial charge in [0, 0.05) is 49.7 Å². The smallest absolute Gasteiger partial charge is 0.129 e. The highest BCUT2D eigenvalue weighted by Crippen LogP contribution is 2.41. The van der Waals surface area contributed by atoms with Gasteiger partial charge in [-0.05, 0) is 53.0 Å². The van der Waals surface area contributed by atoms with Crippen LogP contribution in [0, 0.1) is 5.41 Å². The summed E-state index contributed by atoms with van der Waals surface area (Å²) in [5.74, 6) is 0.885. The number of nitrogens with two attached hydrogens (primary N) is 1. The third-order valence-corrected chi connectivity index (χ3v) is 8.35.